The molecule has 194 valence electrons. The lowest BCUT2D eigenvalue weighted by atomic mass is 9.72. The third kappa shape index (κ3) is 5.50. The average Bonchev–Trinajstić information content (AvgIpc) is 3.27. The van der Waals surface area contributed by atoms with Crippen molar-refractivity contribution in [2.75, 3.05) is 26.4 Å². The highest BCUT2D eigenvalue weighted by Gasteiger charge is 2.54. The van der Waals surface area contributed by atoms with Crippen LogP contribution in [0.5, 0.6) is 0 Å². The van der Waals surface area contributed by atoms with Gasteiger partial charge in [0.1, 0.15) is 0 Å². The molecule has 1 aliphatic carbocycles. The standard InChI is InChI=1S/C26H35F3N2O4/c1-3-35-23(32)17(2)25(10-6-22(15-25)30-21-8-12-34-13-9-21)24(33)31-11-7-18-4-5-20(26(27,28)29)14-19(18)16-31/h4-5,14,17,21-22,30H,3,6-13,15-16H2,1-2H3/t17?,22-,25+/m1/s1. The molecule has 9 heteroatoms. The Morgan fingerprint density at radius 3 is 2.63 bits per heavy atom. The number of nitrogens with one attached hydrogen (secondary N) is 1. The van der Waals surface area contributed by atoms with Crippen LogP contribution in [0.3, 0.4) is 0 Å². The number of nitrogens with zero attached hydrogens (tertiary/aromatic N) is 1. The molecule has 1 saturated heterocycles. The molecule has 1 aromatic rings. The molecule has 0 radical (unpaired) electrons. The monoisotopic (exact) mass is 496 g/mol. The Balaban J connectivity index is 1.56. The number of carbonyl (C=O) groups is 2. The summed E-state index contributed by atoms with van der Waals surface area (Å²) in [6.45, 7) is 5.69. The van der Waals surface area contributed by atoms with Gasteiger partial charge in [-0.3, -0.25) is 9.59 Å². The molecule has 35 heavy (non-hydrogen) atoms. The van der Waals surface area contributed by atoms with Gasteiger partial charge >= 0.3 is 12.1 Å². The van der Waals surface area contributed by atoms with Crippen LogP contribution in [-0.4, -0.2) is 55.2 Å². The molecule has 2 fully saturated rings. The Kier molecular flexibility index (Phi) is 7.76. The van der Waals surface area contributed by atoms with Crippen molar-refractivity contribution in [1.29, 1.82) is 0 Å². The predicted molar refractivity (Wildman–Crippen MR) is 123 cm³/mol. The van der Waals surface area contributed by atoms with Gasteiger partial charge in [0.2, 0.25) is 5.91 Å². The van der Waals surface area contributed by atoms with Crippen molar-refractivity contribution in [3.8, 4) is 0 Å². The van der Waals surface area contributed by atoms with Gasteiger partial charge < -0.3 is 19.7 Å². The maximum absolute atomic E-state index is 14.1. The molecule has 0 aromatic heterocycles. The molecule has 2 heterocycles. The van der Waals surface area contributed by atoms with Gasteiger partial charge in [0.15, 0.2) is 0 Å². The van der Waals surface area contributed by atoms with Gasteiger partial charge in [-0.2, -0.15) is 13.2 Å². The second-order valence-electron chi connectivity index (χ2n) is 10.1. The first-order valence-corrected chi connectivity index (χ1v) is 12.6. The SMILES string of the molecule is CCOC(=O)C(C)[C@]1(C(=O)N2CCc3ccc(C(F)(F)F)cc3C2)CC[C@@H](NC2CCOCC2)C1. The number of alkyl halides is 3. The second-order valence-corrected chi connectivity index (χ2v) is 10.1. The highest BCUT2D eigenvalue weighted by Crippen LogP contribution is 2.47. The van der Waals surface area contributed by atoms with Crippen LogP contribution in [0.25, 0.3) is 0 Å². The molecule has 1 unspecified atom stereocenters. The van der Waals surface area contributed by atoms with E-state index in [0.717, 1.165) is 37.0 Å². The van der Waals surface area contributed by atoms with Crippen molar-refractivity contribution < 1.29 is 32.2 Å². The summed E-state index contributed by atoms with van der Waals surface area (Å²) >= 11 is 0. The molecule has 1 saturated carbocycles. The van der Waals surface area contributed by atoms with Crippen LogP contribution < -0.4 is 5.32 Å². The van der Waals surface area contributed by atoms with Crippen molar-refractivity contribution in [3.05, 3.63) is 34.9 Å². The van der Waals surface area contributed by atoms with E-state index in [4.69, 9.17) is 9.47 Å². The Hall–Kier alpha value is -2.13. The highest BCUT2D eigenvalue weighted by molar-refractivity contribution is 5.89. The van der Waals surface area contributed by atoms with Gasteiger partial charge in [-0.25, -0.2) is 0 Å². The molecule has 3 atom stereocenters. The molecule has 0 spiro atoms. The summed E-state index contributed by atoms with van der Waals surface area (Å²) in [5.74, 6) is -1.19. The first kappa shape index (κ1) is 25.9. The van der Waals surface area contributed by atoms with E-state index < -0.39 is 29.0 Å². The minimum atomic E-state index is -4.44. The van der Waals surface area contributed by atoms with E-state index in [1.54, 1.807) is 18.7 Å². The molecule has 6 nitrogen and oxygen atoms in total. The van der Waals surface area contributed by atoms with Gasteiger partial charge in [0, 0.05) is 38.4 Å². The van der Waals surface area contributed by atoms with E-state index in [1.165, 1.54) is 6.07 Å². The number of rotatable bonds is 6. The number of carbonyl (C=O) groups excluding carboxylic acids is 2. The zero-order chi connectivity index (χ0) is 25.2. The molecule has 4 rings (SSSR count). The van der Waals surface area contributed by atoms with Crippen LogP contribution in [-0.2, 0) is 38.2 Å². The summed E-state index contributed by atoms with van der Waals surface area (Å²) in [6, 6.07) is 4.18. The minimum Gasteiger partial charge on any atom is -0.466 e. The summed E-state index contributed by atoms with van der Waals surface area (Å²) in [5.41, 5.74) is -0.288. The van der Waals surface area contributed by atoms with Crippen molar-refractivity contribution in [3.63, 3.8) is 0 Å². The molecular weight excluding hydrogens is 461 g/mol. The van der Waals surface area contributed by atoms with Gasteiger partial charge in [0.05, 0.1) is 23.5 Å². The fourth-order valence-electron chi connectivity index (χ4n) is 5.90. The topological polar surface area (TPSA) is 67.9 Å². The van der Waals surface area contributed by atoms with Crippen LogP contribution in [0, 0.1) is 11.3 Å². The maximum atomic E-state index is 14.1. The minimum absolute atomic E-state index is 0.0906. The van der Waals surface area contributed by atoms with E-state index in [2.05, 4.69) is 5.32 Å². The van der Waals surface area contributed by atoms with Gasteiger partial charge in [0.25, 0.3) is 0 Å². The molecule has 1 N–H and O–H groups in total. The third-order valence-corrected chi connectivity index (χ3v) is 7.97. The van der Waals surface area contributed by atoms with Gasteiger partial charge in [-0.1, -0.05) is 13.0 Å². The van der Waals surface area contributed by atoms with Gasteiger partial charge in [-0.15, -0.1) is 0 Å². The number of amides is 1. The fourth-order valence-corrected chi connectivity index (χ4v) is 5.90. The lowest BCUT2D eigenvalue weighted by molar-refractivity contribution is -0.161. The quantitative estimate of drug-likeness (QED) is 0.601. The van der Waals surface area contributed by atoms with Crippen molar-refractivity contribution in [2.24, 2.45) is 11.3 Å². The number of hydrogen-bond acceptors (Lipinski definition) is 5. The molecule has 2 aliphatic heterocycles. The lowest BCUT2D eigenvalue weighted by Gasteiger charge is -2.40. The fraction of sp³-hybridized carbons (Fsp3) is 0.692. The predicted octanol–water partition coefficient (Wildman–Crippen LogP) is 4.10. The smallest absolute Gasteiger partial charge is 0.416 e. The highest BCUT2D eigenvalue weighted by atomic mass is 19.4. The number of esters is 1. The van der Waals surface area contributed by atoms with Crippen LogP contribution >= 0.6 is 0 Å². The number of fused-ring (bicyclic) bond motifs is 1. The number of ether oxygens (including phenoxy) is 2. The Morgan fingerprint density at radius 1 is 1.20 bits per heavy atom. The zero-order valence-electron chi connectivity index (χ0n) is 20.5. The summed E-state index contributed by atoms with van der Waals surface area (Å²) in [6.07, 6.45) is -0.309. The third-order valence-electron chi connectivity index (χ3n) is 7.97. The first-order valence-electron chi connectivity index (χ1n) is 12.6. The zero-order valence-corrected chi connectivity index (χ0v) is 20.5. The first-order chi connectivity index (χ1) is 16.6. The summed E-state index contributed by atoms with van der Waals surface area (Å²) in [4.78, 5) is 28.5. The molecule has 1 amide bonds. The number of benzene rings is 1. The lowest BCUT2D eigenvalue weighted by Crippen LogP contribution is -2.51. The number of hydrogen-bond donors (Lipinski definition) is 1. The largest absolute Gasteiger partial charge is 0.466 e. The normalized spacial score (nSPS) is 26.3. The van der Waals surface area contributed by atoms with E-state index in [1.807, 2.05) is 0 Å². The van der Waals surface area contributed by atoms with E-state index in [0.29, 0.717) is 50.6 Å². The Labute approximate surface area is 204 Å². The summed E-state index contributed by atoms with van der Waals surface area (Å²) < 4.78 is 50.6. The number of halogens is 3. The van der Waals surface area contributed by atoms with E-state index in [-0.39, 0.29) is 25.1 Å². The molecular formula is C26H35F3N2O4. The average molecular weight is 497 g/mol. The Bertz CT molecular complexity index is 932. The molecule has 3 aliphatic rings. The summed E-state index contributed by atoms with van der Waals surface area (Å²) in [7, 11) is 0. The second kappa shape index (κ2) is 10.5. The van der Waals surface area contributed by atoms with Crippen LogP contribution in [0.4, 0.5) is 13.2 Å². The molecule has 1 aromatic carbocycles. The van der Waals surface area contributed by atoms with E-state index in [9.17, 15) is 22.8 Å². The Morgan fingerprint density at radius 2 is 1.94 bits per heavy atom. The van der Waals surface area contributed by atoms with Crippen molar-refractivity contribution in [2.45, 2.75) is 77.2 Å². The maximum Gasteiger partial charge on any atom is 0.416 e. The van der Waals surface area contributed by atoms with Crippen LogP contribution in [0.2, 0.25) is 0 Å². The molecule has 0 bridgehead atoms. The van der Waals surface area contributed by atoms with Crippen molar-refractivity contribution >= 4 is 11.9 Å². The van der Waals surface area contributed by atoms with Gasteiger partial charge in [-0.05, 0) is 68.7 Å². The van der Waals surface area contributed by atoms with E-state index >= 15 is 0 Å². The van der Waals surface area contributed by atoms with Crippen LogP contribution in [0.1, 0.15) is 62.6 Å². The summed E-state index contributed by atoms with van der Waals surface area (Å²) in [5, 5.41) is 3.67. The van der Waals surface area contributed by atoms with Crippen molar-refractivity contribution in [1.82, 2.24) is 10.2 Å². The van der Waals surface area contributed by atoms with Crippen LogP contribution in [0.15, 0.2) is 18.2 Å².